The first-order valence-electron chi connectivity index (χ1n) is 7.34. The normalized spacial score (nSPS) is 22.0. The Bertz CT molecular complexity index is 542. The van der Waals surface area contributed by atoms with Crippen molar-refractivity contribution in [1.82, 2.24) is 15.2 Å². The Hall–Kier alpha value is -1.62. The van der Waals surface area contributed by atoms with Crippen LogP contribution in [-0.2, 0) is 4.79 Å². The number of likely N-dealkylation sites (tertiary alicyclic amines) is 1. The Morgan fingerprint density at radius 3 is 2.76 bits per heavy atom. The smallest absolute Gasteiger partial charge is 0.270 e. The summed E-state index contributed by atoms with van der Waals surface area (Å²) in [5, 5.41) is 3.47. The summed E-state index contributed by atoms with van der Waals surface area (Å²) in [7, 11) is 0. The van der Waals surface area contributed by atoms with E-state index in [0.29, 0.717) is 17.3 Å². The first-order chi connectivity index (χ1) is 10.1. The Morgan fingerprint density at radius 2 is 2.10 bits per heavy atom. The molecule has 2 heterocycles. The molecule has 0 radical (unpaired) electrons. The van der Waals surface area contributed by atoms with Crippen LogP contribution in [0, 0.1) is 5.92 Å². The molecule has 0 bridgehead atoms. The van der Waals surface area contributed by atoms with Crippen molar-refractivity contribution in [3.8, 4) is 0 Å². The third kappa shape index (κ3) is 3.53. The van der Waals surface area contributed by atoms with Gasteiger partial charge in [0.15, 0.2) is 0 Å². The third-order valence-electron chi connectivity index (χ3n) is 3.95. The fourth-order valence-corrected chi connectivity index (χ4v) is 2.76. The summed E-state index contributed by atoms with van der Waals surface area (Å²) in [6.07, 6.45) is 5.31. The van der Waals surface area contributed by atoms with E-state index in [1.54, 1.807) is 12.1 Å². The van der Waals surface area contributed by atoms with Crippen molar-refractivity contribution in [1.29, 1.82) is 0 Å². The Morgan fingerprint density at radius 1 is 1.29 bits per heavy atom. The number of nitrogens with one attached hydrogen (secondary N) is 1. The molecule has 1 aliphatic carbocycles. The van der Waals surface area contributed by atoms with Crippen LogP contribution in [0.25, 0.3) is 0 Å². The molecule has 0 aromatic carbocycles. The lowest BCUT2D eigenvalue weighted by atomic mass is 10.0. The highest BCUT2D eigenvalue weighted by atomic mass is 35.5. The van der Waals surface area contributed by atoms with Gasteiger partial charge in [-0.2, -0.15) is 0 Å². The van der Waals surface area contributed by atoms with E-state index in [1.807, 2.05) is 4.90 Å². The summed E-state index contributed by atoms with van der Waals surface area (Å²) in [5.41, 5.74) is 0.352. The Kier molecular flexibility index (Phi) is 4.10. The molecule has 1 N–H and O–H groups in total. The van der Waals surface area contributed by atoms with Gasteiger partial charge in [-0.15, -0.1) is 0 Å². The second-order valence-corrected chi connectivity index (χ2v) is 6.17. The second kappa shape index (κ2) is 6.02. The number of halogens is 1. The predicted molar refractivity (Wildman–Crippen MR) is 79.0 cm³/mol. The zero-order chi connectivity index (χ0) is 14.8. The molecule has 5 nitrogen and oxygen atoms in total. The molecule has 2 fully saturated rings. The first-order valence-corrected chi connectivity index (χ1v) is 7.72. The number of rotatable bonds is 3. The summed E-state index contributed by atoms with van der Waals surface area (Å²) in [4.78, 5) is 30.1. The molecule has 3 rings (SSSR count). The van der Waals surface area contributed by atoms with Crippen LogP contribution in [0.2, 0.25) is 5.02 Å². The van der Waals surface area contributed by atoms with Gasteiger partial charge in [-0.05, 0) is 37.8 Å². The molecule has 0 unspecified atom stereocenters. The Balaban J connectivity index is 1.57. The van der Waals surface area contributed by atoms with Crippen molar-refractivity contribution >= 4 is 23.4 Å². The van der Waals surface area contributed by atoms with E-state index in [0.717, 1.165) is 32.2 Å². The largest absolute Gasteiger partial charge is 0.346 e. The van der Waals surface area contributed by atoms with Crippen LogP contribution in [0.1, 0.15) is 36.2 Å². The molecule has 1 aromatic rings. The number of piperidine rings is 1. The SMILES string of the molecule is O=C(N[C@@H]1CCCN(C(=O)C2CC2)C1)c1ccc(Cl)cn1. The molecule has 21 heavy (non-hydrogen) atoms. The highest BCUT2D eigenvalue weighted by Gasteiger charge is 2.35. The molecule has 6 heteroatoms. The number of hydrogen-bond donors (Lipinski definition) is 1. The molecule has 2 aliphatic rings. The fourth-order valence-electron chi connectivity index (χ4n) is 2.65. The maximum absolute atomic E-state index is 12.1. The highest BCUT2D eigenvalue weighted by Crippen LogP contribution is 2.31. The molecule has 2 amide bonds. The number of carbonyl (C=O) groups is 2. The predicted octanol–water partition coefficient (Wildman–Crippen LogP) is 1.87. The number of pyridine rings is 1. The molecule has 1 saturated carbocycles. The van der Waals surface area contributed by atoms with Crippen LogP contribution in [0.3, 0.4) is 0 Å². The maximum atomic E-state index is 12.1. The van der Waals surface area contributed by atoms with E-state index >= 15 is 0 Å². The lowest BCUT2D eigenvalue weighted by molar-refractivity contribution is -0.133. The minimum absolute atomic E-state index is 0.00595. The monoisotopic (exact) mass is 307 g/mol. The van der Waals surface area contributed by atoms with E-state index < -0.39 is 0 Å². The standard InChI is InChI=1S/C15H18ClN3O2/c16-11-5-6-13(17-8-11)14(20)18-12-2-1-7-19(9-12)15(21)10-3-4-10/h5-6,8,10,12H,1-4,7,9H2,(H,18,20)/t12-/m1/s1. The van der Waals surface area contributed by atoms with Crippen molar-refractivity contribution in [2.75, 3.05) is 13.1 Å². The van der Waals surface area contributed by atoms with Gasteiger partial charge in [0.05, 0.1) is 5.02 Å². The average Bonchev–Trinajstić information content (AvgIpc) is 3.32. The van der Waals surface area contributed by atoms with Gasteiger partial charge in [-0.1, -0.05) is 11.6 Å². The Labute approximate surface area is 128 Å². The number of amides is 2. The molecule has 0 spiro atoms. The van der Waals surface area contributed by atoms with Gasteiger partial charge in [-0.3, -0.25) is 9.59 Å². The van der Waals surface area contributed by atoms with Crippen LogP contribution in [0.5, 0.6) is 0 Å². The van der Waals surface area contributed by atoms with Crippen LogP contribution in [0.15, 0.2) is 18.3 Å². The third-order valence-corrected chi connectivity index (χ3v) is 4.18. The molecular formula is C15H18ClN3O2. The summed E-state index contributed by atoms with van der Waals surface area (Å²) >= 11 is 5.76. The van der Waals surface area contributed by atoms with E-state index in [4.69, 9.17) is 11.6 Å². The first kappa shape index (κ1) is 14.3. The molecule has 1 saturated heterocycles. The zero-order valence-corrected chi connectivity index (χ0v) is 12.5. The number of aromatic nitrogens is 1. The van der Waals surface area contributed by atoms with Gasteiger partial charge < -0.3 is 10.2 Å². The topological polar surface area (TPSA) is 62.3 Å². The molecular weight excluding hydrogens is 290 g/mol. The van der Waals surface area contributed by atoms with Crippen LogP contribution >= 0.6 is 11.6 Å². The van der Waals surface area contributed by atoms with E-state index in [9.17, 15) is 9.59 Å². The summed E-state index contributed by atoms with van der Waals surface area (Å²) in [5.74, 6) is 0.272. The van der Waals surface area contributed by atoms with Crippen molar-refractivity contribution in [2.24, 2.45) is 5.92 Å². The van der Waals surface area contributed by atoms with Crippen molar-refractivity contribution in [3.05, 3.63) is 29.0 Å². The van der Waals surface area contributed by atoms with E-state index in [-0.39, 0.29) is 23.8 Å². The van der Waals surface area contributed by atoms with Crippen LogP contribution in [0.4, 0.5) is 0 Å². The summed E-state index contributed by atoms with van der Waals surface area (Å²) in [6, 6.07) is 3.26. The highest BCUT2D eigenvalue weighted by molar-refractivity contribution is 6.30. The van der Waals surface area contributed by atoms with Gasteiger partial charge in [-0.25, -0.2) is 4.98 Å². The lowest BCUT2D eigenvalue weighted by Gasteiger charge is -2.33. The van der Waals surface area contributed by atoms with Crippen LogP contribution < -0.4 is 5.32 Å². The van der Waals surface area contributed by atoms with Gasteiger partial charge in [0.25, 0.3) is 5.91 Å². The molecule has 1 aliphatic heterocycles. The quantitative estimate of drug-likeness (QED) is 0.927. The van der Waals surface area contributed by atoms with Crippen molar-refractivity contribution in [3.63, 3.8) is 0 Å². The van der Waals surface area contributed by atoms with Gasteiger partial charge in [0.1, 0.15) is 5.69 Å². The van der Waals surface area contributed by atoms with Gasteiger partial charge in [0.2, 0.25) is 5.91 Å². The van der Waals surface area contributed by atoms with Crippen LogP contribution in [-0.4, -0.2) is 40.8 Å². The van der Waals surface area contributed by atoms with Gasteiger partial charge >= 0.3 is 0 Å². The number of hydrogen-bond acceptors (Lipinski definition) is 3. The fraction of sp³-hybridized carbons (Fsp3) is 0.533. The second-order valence-electron chi connectivity index (χ2n) is 5.73. The van der Waals surface area contributed by atoms with E-state index in [1.165, 1.54) is 6.20 Å². The summed E-state index contributed by atoms with van der Waals surface area (Å²) in [6.45, 7) is 1.41. The zero-order valence-electron chi connectivity index (χ0n) is 11.7. The maximum Gasteiger partial charge on any atom is 0.270 e. The molecule has 112 valence electrons. The number of carbonyl (C=O) groups excluding carboxylic acids is 2. The lowest BCUT2D eigenvalue weighted by Crippen LogP contribution is -2.50. The minimum Gasteiger partial charge on any atom is -0.346 e. The van der Waals surface area contributed by atoms with Gasteiger partial charge in [0, 0.05) is 31.2 Å². The number of nitrogens with zero attached hydrogens (tertiary/aromatic N) is 2. The van der Waals surface area contributed by atoms with E-state index in [2.05, 4.69) is 10.3 Å². The average molecular weight is 308 g/mol. The summed E-state index contributed by atoms with van der Waals surface area (Å²) < 4.78 is 0. The van der Waals surface area contributed by atoms with Crippen molar-refractivity contribution in [2.45, 2.75) is 31.7 Å². The molecule has 1 atom stereocenters. The molecule has 1 aromatic heterocycles. The minimum atomic E-state index is -0.211. The van der Waals surface area contributed by atoms with Crippen molar-refractivity contribution < 1.29 is 9.59 Å².